The van der Waals surface area contributed by atoms with Crippen molar-refractivity contribution >= 4 is 5.69 Å². The normalized spacial score (nSPS) is 21.6. The Kier molecular flexibility index (Phi) is 5.90. The summed E-state index contributed by atoms with van der Waals surface area (Å²) in [5.41, 5.74) is 2.80. The molecule has 2 atom stereocenters. The second-order valence-electron chi connectivity index (χ2n) is 6.03. The van der Waals surface area contributed by atoms with Crippen LogP contribution in [0.15, 0.2) is 24.3 Å². The molecule has 0 aromatic heterocycles. The summed E-state index contributed by atoms with van der Waals surface area (Å²) in [5, 5.41) is 3.38. The highest BCUT2D eigenvalue weighted by atomic mass is 15.1. The lowest BCUT2D eigenvalue weighted by atomic mass is 9.98. The first kappa shape index (κ1) is 15.4. The van der Waals surface area contributed by atoms with E-state index in [0.29, 0.717) is 6.04 Å². The van der Waals surface area contributed by atoms with E-state index in [1.807, 2.05) is 7.05 Å². The number of hydrogen-bond acceptors (Lipinski definition) is 2. The van der Waals surface area contributed by atoms with Crippen LogP contribution >= 0.6 is 0 Å². The fourth-order valence-corrected chi connectivity index (χ4v) is 3.36. The Balaban J connectivity index is 2.02. The summed E-state index contributed by atoms with van der Waals surface area (Å²) in [5.74, 6) is 0.938. The molecule has 0 spiro atoms. The summed E-state index contributed by atoms with van der Waals surface area (Å²) < 4.78 is 0. The van der Waals surface area contributed by atoms with E-state index in [1.54, 1.807) is 0 Å². The second kappa shape index (κ2) is 7.68. The summed E-state index contributed by atoms with van der Waals surface area (Å²) in [7, 11) is 2.04. The summed E-state index contributed by atoms with van der Waals surface area (Å²) in [6.07, 6.45) is 6.58. The van der Waals surface area contributed by atoms with Crippen LogP contribution in [0.1, 0.15) is 57.6 Å². The van der Waals surface area contributed by atoms with Gasteiger partial charge in [0.1, 0.15) is 0 Å². The van der Waals surface area contributed by atoms with E-state index in [2.05, 4.69) is 48.3 Å². The van der Waals surface area contributed by atoms with Gasteiger partial charge in [0, 0.05) is 24.8 Å². The molecule has 1 aromatic rings. The molecule has 1 aromatic carbocycles. The highest BCUT2D eigenvalue weighted by molar-refractivity contribution is 5.48. The van der Waals surface area contributed by atoms with Crippen LogP contribution in [0.25, 0.3) is 0 Å². The van der Waals surface area contributed by atoms with E-state index in [1.165, 1.54) is 50.0 Å². The summed E-state index contributed by atoms with van der Waals surface area (Å²) in [6.45, 7) is 7.01. The number of nitrogens with zero attached hydrogens (tertiary/aromatic N) is 1. The van der Waals surface area contributed by atoms with Crippen LogP contribution in [0.5, 0.6) is 0 Å². The van der Waals surface area contributed by atoms with Crippen molar-refractivity contribution in [2.45, 2.75) is 52.0 Å². The van der Waals surface area contributed by atoms with Crippen molar-refractivity contribution in [2.24, 2.45) is 5.92 Å². The minimum Gasteiger partial charge on any atom is -0.372 e. The third kappa shape index (κ3) is 3.76. The first-order chi connectivity index (χ1) is 9.78. The summed E-state index contributed by atoms with van der Waals surface area (Å²) in [6, 6.07) is 9.69. The van der Waals surface area contributed by atoms with Crippen molar-refractivity contribution in [3.05, 3.63) is 29.8 Å². The fraction of sp³-hybridized carbons (Fsp3) is 0.667. The Morgan fingerprint density at radius 2 is 1.90 bits per heavy atom. The van der Waals surface area contributed by atoms with Gasteiger partial charge < -0.3 is 10.2 Å². The van der Waals surface area contributed by atoms with Gasteiger partial charge in [-0.3, -0.25) is 0 Å². The van der Waals surface area contributed by atoms with Gasteiger partial charge in [0.2, 0.25) is 0 Å². The largest absolute Gasteiger partial charge is 0.372 e. The lowest BCUT2D eigenvalue weighted by Gasteiger charge is -2.24. The number of hydrogen-bond donors (Lipinski definition) is 1. The van der Waals surface area contributed by atoms with E-state index in [4.69, 9.17) is 0 Å². The van der Waals surface area contributed by atoms with Crippen molar-refractivity contribution in [1.82, 2.24) is 5.32 Å². The van der Waals surface area contributed by atoms with Gasteiger partial charge in [-0.2, -0.15) is 0 Å². The maximum Gasteiger partial charge on any atom is 0.0366 e. The van der Waals surface area contributed by atoms with E-state index in [0.717, 1.165) is 12.3 Å². The smallest absolute Gasteiger partial charge is 0.0366 e. The lowest BCUT2D eigenvalue weighted by molar-refractivity contribution is 0.459. The van der Waals surface area contributed by atoms with Gasteiger partial charge in [-0.25, -0.2) is 0 Å². The first-order valence-corrected chi connectivity index (χ1v) is 8.30. The standard InChI is InChI=1S/C18H30N2/c1-4-15-7-6-13-20(14-12-15)17-10-8-16(9-11-17)18(5-2)19-3/h8-11,15,18-19H,4-7,12-14H2,1-3H3. The molecule has 2 rings (SSSR count). The molecular formula is C18H30N2. The predicted molar refractivity (Wildman–Crippen MR) is 88.4 cm³/mol. The molecule has 1 aliphatic rings. The highest BCUT2D eigenvalue weighted by Gasteiger charge is 2.16. The van der Waals surface area contributed by atoms with Crippen LogP contribution in [0.3, 0.4) is 0 Å². The van der Waals surface area contributed by atoms with Gasteiger partial charge in [-0.1, -0.05) is 32.4 Å². The average molecular weight is 274 g/mol. The minimum absolute atomic E-state index is 0.484. The van der Waals surface area contributed by atoms with Crippen LogP contribution < -0.4 is 10.2 Å². The molecular weight excluding hydrogens is 244 g/mol. The van der Waals surface area contributed by atoms with Gasteiger partial charge in [-0.15, -0.1) is 0 Å². The summed E-state index contributed by atoms with van der Waals surface area (Å²) >= 11 is 0. The summed E-state index contributed by atoms with van der Waals surface area (Å²) in [4.78, 5) is 2.57. The van der Waals surface area contributed by atoms with Gasteiger partial charge in [0.05, 0.1) is 0 Å². The molecule has 0 bridgehead atoms. The van der Waals surface area contributed by atoms with E-state index >= 15 is 0 Å². The average Bonchev–Trinajstić information content (AvgIpc) is 2.74. The van der Waals surface area contributed by atoms with Crippen molar-refractivity contribution in [3.8, 4) is 0 Å². The molecule has 1 heterocycles. The Morgan fingerprint density at radius 1 is 1.15 bits per heavy atom. The zero-order valence-corrected chi connectivity index (χ0v) is 13.4. The van der Waals surface area contributed by atoms with Gasteiger partial charge in [0.15, 0.2) is 0 Å². The highest BCUT2D eigenvalue weighted by Crippen LogP contribution is 2.26. The van der Waals surface area contributed by atoms with E-state index in [-0.39, 0.29) is 0 Å². The van der Waals surface area contributed by atoms with Gasteiger partial charge in [-0.05, 0) is 56.3 Å². The van der Waals surface area contributed by atoms with Crippen LogP contribution in [0, 0.1) is 5.92 Å². The molecule has 0 aliphatic carbocycles. The van der Waals surface area contributed by atoms with E-state index < -0.39 is 0 Å². The molecule has 1 N–H and O–H groups in total. The predicted octanol–water partition coefficient (Wildman–Crippen LogP) is 4.37. The zero-order valence-electron chi connectivity index (χ0n) is 13.4. The third-order valence-corrected chi connectivity index (χ3v) is 4.84. The third-order valence-electron chi connectivity index (χ3n) is 4.84. The SMILES string of the molecule is CCC1CCCN(c2ccc(C(CC)NC)cc2)CC1. The molecule has 20 heavy (non-hydrogen) atoms. The fourth-order valence-electron chi connectivity index (χ4n) is 3.36. The first-order valence-electron chi connectivity index (χ1n) is 8.30. The quantitative estimate of drug-likeness (QED) is 0.857. The molecule has 112 valence electrons. The number of rotatable bonds is 5. The molecule has 0 radical (unpaired) electrons. The van der Waals surface area contributed by atoms with Crippen molar-refractivity contribution < 1.29 is 0 Å². The van der Waals surface area contributed by atoms with Crippen LogP contribution in [-0.2, 0) is 0 Å². The van der Waals surface area contributed by atoms with Crippen LogP contribution in [0.2, 0.25) is 0 Å². The Morgan fingerprint density at radius 3 is 2.50 bits per heavy atom. The number of benzene rings is 1. The maximum atomic E-state index is 3.38. The van der Waals surface area contributed by atoms with Gasteiger partial charge >= 0.3 is 0 Å². The number of anilines is 1. The Bertz CT molecular complexity index is 381. The lowest BCUT2D eigenvalue weighted by Crippen LogP contribution is -2.24. The number of nitrogens with one attached hydrogen (secondary N) is 1. The molecule has 2 unspecified atom stereocenters. The molecule has 2 nitrogen and oxygen atoms in total. The van der Waals surface area contributed by atoms with E-state index in [9.17, 15) is 0 Å². The maximum absolute atomic E-state index is 3.38. The van der Waals surface area contributed by atoms with Crippen molar-refractivity contribution in [1.29, 1.82) is 0 Å². The Hall–Kier alpha value is -1.02. The van der Waals surface area contributed by atoms with Crippen LogP contribution in [-0.4, -0.2) is 20.1 Å². The molecule has 1 fully saturated rings. The zero-order chi connectivity index (χ0) is 14.4. The molecule has 1 saturated heterocycles. The van der Waals surface area contributed by atoms with Crippen LogP contribution in [0.4, 0.5) is 5.69 Å². The second-order valence-corrected chi connectivity index (χ2v) is 6.03. The van der Waals surface area contributed by atoms with Crippen molar-refractivity contribution in [3.63, 3.8) is 0 Å². The topological polar surface area (TPSA) is 15.3 Å². The molecule has 0 saturated carbocycles. The van der Waals surface area contributed by atoms with Gasteiger partial charge in [0.25, 0.3) is 0 Å². The molecule has 1 aliphatic heterocycles. The van der Waals surface area contributed by atoms with Crippen molar-refractivity contribution in [2.75, 3.05) is 25.0 Å². The molecule has 0 amide bonds. The monoisotopic (exact) mass is 274 g/mol. The Labute approximate surface area is 124 Å². The molecule has 2 heteroatoms. The minimum atomic E-state index is 0.484.